The van der Waals surface area contributed by atoms with Gasteiger partial charge in [0.2, 0.25) is 26.0 Å². The molecule has 10 heteroatoms. The van der Waals surface area contributed by atoms with Gasteiger partial charge in [0.1, 0.15) is 0 Å². The van der Waals surface area contributed by atoms with Crippen LogP contribution in [-0.2, 0) is 24.8 Å². The molecular weight excluding hydrogens is 402 g/mol. The van der Waals surface area contributed by atoms with E-state index in [0.717, 1.165) is 0 Å². The van der Waals surface area contributed by atoms with Crippen molar-refractivity contribution in [1.29, 1.82) is 0 Å². The van der Waals surface area contributed by atoms with Crippen molar-refractivity contribution >= 4 is 37.3 Å². The molecule has 0 radical (unpaired) electrons. The van der Waals surface area contributed by atoms with Gasteiger partial charge in [-0.15, -0.1) is 0 Å². The molecule has 2 aromatic carbocycles. The van der Waals surface area contributed by atoms with Crippen LogP contribution < -0.4 is 14.8 Å². The number of sulfonamides is 2. The van der Waals surface area contributed by atoms with Crippen molar-refractivity contribution in [3.63, 3.8) is 0 Å². The molecule has 1 atom stereocenters. The zero-order valence-corrected chi connectivity index (χ0v) is 17.2. The third-order valence-corrected chi connectivity index (χ3v) is 6.73. The molecule has 152 valence electrons. The first-order chi connectivity index (χ1) is 13.1. The van der Waals surface area contributed by atoms with Crippen LogP contribution in [0.25, 0.3) is 0 Å². The molecule has 0 aliphatic carbocycles. The Bertz CT molecular complexity index is 1000. The van der Waals surface area contributed by atoms with Crippen LogP contribution in [0.2, 0.25) is 0 Å². The van der Waals surface area contributed by atoms with Gasteiger partial charge < -0.3 is 5.32 Å². The zero-order chi connectivity index (χ0) is 20.8. The number of carbonyl (C=O) groups excluding carboxylic acids is 1. The van der Waals surface area contributed by atoms with E-state index in [9.17, 15) is 21.6 Å². The van der Waals surface area contributed by atoms with Gasteiger partial charge in [-0.05, 0) is 49.7 Å². The summed E-state index contributed by atoms with van der Waals surface area (Å²) in [6.45, 7) is 3.20. The van der Waals surface area contributed by atoms with Crippen molar-refractivity contribution in [2.24, 2.45) is 0 Å². The van der Waals surface area contributed by atoms with Crippen molar-refractivity contribution in [3.05, 3.63) is 54.6 Å². The monoisotopic (exact) mass is 425 g/mol. The summed E-state index contributed by atoms with van der Waals surface area (Å²) >= 11 is 0. The molecule has 2 rings (SSSR count). The maximum atomic E-state index is 12.3. The minimum absolute atomic E-state index is 0.0184. The van der Waals surface area contributed by atoms with E-state index in [2.05, 4.69) is 14.8 Å². The van der Waals surface area contributed by atoms with Gasteiger partial charge in [-0.1, -0.05) is 25.1 Å². The number of anilines is 2. The first kappa shape index (κ1) is 21.9. The van der Waals surface area contributed by atoms with E-state index in [1.54, 1.807) is 25.1 Å². The van der Waals surface area contributed by atoms with Crippen molar-refractivity contribution < 1.29 is 21.6 Å². The average Bonchev–Trinajstić information content (AvgIpc) is 2.63. The van der Waals surface area contributed by atoms with Gasteiger partial charge in [0.25, 0.3) is 0 Å². The number of amides is 1. The second-order valence-corrected chi connectivity index (χ2v) is 9.70. The first-order valence-electron chi connectivity index (χ1n) is 8.62. The van der Waals surface area contributed by atoms with Crippen molar-refractivity contribution in [2.75, 3.05) is 15.8 Å². The van der Waals surface area contributed by atoms with Crippen LogP contribution in [-0.4, -0.2) is 34.5 Å². The summed E-state index contributed by atoms with van der Waals surface area (Å²) in [6, 6.07) is 12.8. The van der Waals surface area contributed by atoms with Crippen molar-refractivity contribution in [3.8, 4) is 0 Å². The molecule has 0 heterocycles. The quantitative estimate of drug-likeness (QED) is 0.568. The lowest BCUT2D eigenvalue weighted by atomic mass is 10.2. The zero-order valence-electron chi connectivity index (χ0n) is 15.5. The molecule has 0 aliphatic heterocycles. The lowest BCUT2D eigenvalue weighted by Crippen LogP contribution is -2.41. The number of hydrogen-bond donors (Lipinski definition) is 3. The third-order valence-electron chi connectivity index (χ3n) is 3.68. The predicted octanol–water partition coefficient (Wildman–Crippen LogP) is 2.14. The smallest absolute Gasteiger partial charge is 0.242 e. The predicted molar refractivity (Wildman–Crippen MR) is 109 cm³/mol. The first-order valence-corrected chi connectivity index (χ1v) is 11.8. The van der Waals surface area contributed by atoms with Crippen molar-refractivity contribution in [2.45, 2.75) is 31.2 Å². The molecule has 0 aliphatic rings. The topological polar surface area (TPSA) is 121 Å². The van der Waals surface area contributed by atoms with Crippen LogP contribution in [0.15, 0.2) is 59.5 Å². The minimum atomic E-state index is -3.82. The second kappa shape index (κ2) is 9.18. The van der Waals surface area contributed by atoms with Crippen LogP contribution in [0.1, 0.15) is 20.3 Å². The van der Waals surface area contributed by atoms with E-state index >= 15 is 0 Å². The lowest BCUT2D eigenvalue weighted by Gasteiger charge is -2.15. The summed E-state index contributed by atoms with van der Waals surface area (Å²) in [7, 11) is -7.21. The van der Waals surface area contributed by atoms with Crippen LogP contribution in [0.4, 0.5) is 11.4 Å². The van der Waals surface area contributed by atoms with Crippen LogP contribution in [0, 0.1) is 0 Å². The van der Waals surface area contributed by atoms with Gasteiger partial charge in [0, 0.05) is 11.4 Å². The largest absolute Gasteiger partial charge is 0.325 e. The highest BCUT2D eigenvalue weighted by Crippen LogP contribution is 2.16. The summed E-state index contributed by atoms with van der Waals surface area (Å²) in [4.78, 5) is 12.3. The standard InChI is InChI=1S/C18H23N3O5S2/c1-3-13-27(23,24)21-16-11-9-15(10-12-16)19-18(22)14(2)20-28(25,26)17-7-5-4-6-8-17/h4-12,14,20-21H,3,13H2,1-2H3,(H,19,22)/t14-/m0/s1. The number of benzene rings is 2. The van der Waals surface area contributed by atoms with E-state index in [-0.39, 0.29) is 10.6 Å². The Morgan fingerprint density at radius 3 is 2.07 bits per heavy atom. The van der Waals surface area contributed by atoms with Gasteiger partial charge in [-0.25, -0.2) is 16.8 Å². The van der Waals surface area contributed by atoms with Crippen LogP contribution in [0.3, 0.4) is 0 Å². The van der Waals surface area contributed by atoms with Gasteiger partial charge in [-0.3, -0.25) is 9.52 Å². The molecule has 2 aromatic rings. The molecule has 0 saturated heterocycles. The SMILES string of the molecule is CCCS(=O)(=O)Nc1ccc(NC(=O)[C@H](C)NS(=O)(=O)c2ccccc2)cc1. The molecule has 0 aromatic heterocycles. The van der Waals surface area contributed by atoms with Gasteiger partial charge in [0.15, 0.2) is 0 Å². The summed E-state index contributed by atoms with van der Waals surface area (Å²) in [5.74, 6) is -0.524. The molecule has 0 saturated carbocycles. The molecule has 3 N–H and O–H groups in total. The fraction of sp³-hybridized carbons (Fsp3) is 0.278. The molecule has 0 unspecified atom stereocenters. The fourth-order valence-electron chi connectivity index (χ4n) is 2.33. The number of rotatable bonds is 9. The Morgan fingerprint density at radius 1 is 0.929 bits per heavy atom. The summed E-state index contributed by atoms with van der Waals surface area (Å²) in [5.41, 5.74) is 0.790. The van der Waals surface area contributed by atoms with E-state index < -0.39 is 32.0 Å². The maximum absolute atomic E-state index is 12.3. The Balaban J connectivity index is 1.98. The maximum Gasteiger partial charge on any atom is 0.242 e. The molecule has 8 nitrogen and oxygen atoms in total. The van der Waals surface area contributed by atoms with Gasteiger partial charge >= 0.3 is 0 Å². The lowest BCUT2D eigenvalue weighted by molar-refractivity contribution is -0.117. The van der Waals surface area contributed by atoms with E-state index in [0.29, 0.717) is 17.8 Å². The van der Waals surface area contributed by atoms with E-state index in [1.165, 1.54) is 43.3 Å². The van der Waals surface area contributed by atoms with Crippen molar-refractivity contribution in [1.82, 2.24) is 4.72 Å². The summed E-state index contributed by atoms with van der Waals surface area (Å²) in [5, 5.41) is 2.59. The molecule has 0 fully saturated rings. The van der Waals surface area contributed by atoms with Crippen LogP contribution in [0.5, 0.6) is 0 Å². The van der Waals surface area contributed by atoms with Crippen LogP contribution >= 0.6 is 0 Å². The number of hydrogen-bond acceptors (Lipinski definition) is 5. The third kappa shape index (κ3) is 6.32. The van der Waals surface area contributed by atoms with Gasteiger partial charge in [-0.2, -0.15) is 4.72 Å². The Hall–Kier alpha value is -2.43. The van der Waals surface area contributed by atoms with E-state index in [1.807, 2.05) is 0 Å². The Labute approximate surface area is 165 Å². The Morgan fingerprint density at radius 2 is 1.50 bits per heavy atom. The van der Waals surface area contributed by atoms with Gasteiger partial charge in [0.05, 0.1) is 16.7 Å². The summed E-state index contributed by atoms with van der Waals surface area (Å²) in [6.07, 6.45) is 0.500. The van der Waals surface area contributed by atoms with E-state index in [4.69, 9.17) is 0 Å². The average molecular weight is 426 g/mol. The highest BCUT2D eigenvalue weighted by Gasteiger charge is 2.22. The molecule has 0 spiro atoms. The molecule has 0 bridgehead atoms. The minimum Gasteiger partial charge on any atom is -0.325 e. The molecule has 28 heavy (non-hydrogen) atoms. The fourth-order valence-corrected chi connectivity index (χ4v) is 4.68. The Kier molecular flexibility index (Phi) is 7.17. The highest BCUT2D eigenvalue weighted by atomic mass is 32.2. The normalized spacial score (nSPS) is 12.9. The highest BCUT2D eigenvalue weighted by molar-refractivity contribution is 7.92. The number of nitrogens with one attached hydrogen (secondary N) is 3. The molecule has 1 amide bonds. The molecular formula is C18H23N3O5S2. The summed E-state index contributed by atoms with van der Waals surface area (Å²) < 4.78 is 52.8. The number of carbonyl (C=O) groups is 1. The second-order valence-electron chi connectivity index (χ2n) is 6.14.